The zero-order chi connectivity index (χ0) is 14.5. The first-order valence-electron chi connectivity index (χ1n) is 7.14. The van der Waals surface area contributed by atoms with E-state index in [2.05, 4.69) is 14.9 Å². The Kier molecular flexibility index (Phi) is 5.06. The normalized spacial score (nSPS) is 17.0. The van der Waals surface area contributed by atoms with E-state index in [0.29, 0.717) is 23.4 Å². The molecule has 1 aliphatic rings. The smallest absolute Gasteiger partial charge is 0.232 e. The van der Waals surface area contributed by atoms with Gasteiger partial charge in [-0.3, -0.25) is 9.88 Å². The molecule has 1 fully saturated rings. The summed E-state index contributed by atoms with van der Waals surface area (Å²) in [5.41, 5.74) is 1.90. The third-order valence-electron chi connectivity index (χ3n) is 3.75. The van der Waals surface area contributed by atoms with Gasteiger partial charge >= 0.3 is 0 Å². The monoisotopic (exact) mass is 323 g/mol. The molecule has 0 aromatic carbocycles. The van der Waals surface area contributed by atoms with Crippen molar-refractivity contribution >= 4 is 22.9 Å². The van der Waals surface area contributed by atoms with Crippen LogP contribution in [0.5, 0.6) is 5.88 Å². The molecule has 0 aliphatic carbocycles. The van der Waals surface area contributed by atoms with Crippen LogP contribution in [0.4, 0.5) is 0 Å². The Morgan fingerprint density at radius 2 is 2.24 bits per heavy atom. The molecule has 0 radical (unpaired) electrons. The summed E-state index contributed by atoms with van der Waals surface area (Å²) in [6, 6.07) is 3.62. The van der Waals surface area contributed by atoms with Gasteiger partial charge in [0.25, 0.3) is 0 Å². The van der Waals surface area contributed by atoms with Gasteiger partial charge in [-0.2, -0.15) is 0 Å². The summed E-state index contributed by atoms with van der Waals surface area (Å²) in [5.74, 6) is 1.13. The van der Waals surface area contributed by atoms with Crippen LogP contribution in [0.25, 0.3) is 0 Å². The molecule has 1 saturated heterocycles. The fraction of sp³-hybridized carbons (Fsp3) is 0.467. The highest BCUT2D eigenvalue weighted by atomic mass is 35.5. The van der Waals surface area contributed by atoms with E-state index in [1.165, 1.54) is 4.88 Å². The molecule has 0 amide bonds. The molecule has 0 bridgehead atoms. The average Bonchev–Trinajstić information content (AvgIpc) is 3.01. The van der Waals surface area contributed by atoms with Gasteiger partial charge in [0.15, 0.2) is 0 Å². The number of pyridine rings is 1. The lowest BCUT2D eigenvalue weighted by atomic mass is 9.98. The number of likely N-dealkylation sites (tertiary alicyclic amines) is 1. The molecule has 6 heteroatoms. The number of hydrogen-bond acceptors (Lipinski definition) is 5. The van der Waals surface area contributed by atoms with Crippen LogP contribution in [0.1, 0.15) is 17.7 Å². The van der Waals surface area contributed by atoms with Crippen LogP contribution in [0.15, 0.2) is 30.0 Å². The van der Waals surface area contributed by atoms with Gasteiger partial charge in [0, 0.05) is 23.8 Å². The average molecular weight is 324 g/mol. The SMILES string of the molecule is Clc1cccnc1OCC1CCN(Cc2cncs2)CC1. The third-order valence-corrected chi connectivity index (χ3v) is 4.80. The number of hydrogen-bond donors (Lipinski definition) is 0. The van der Waals surface area contributed by atoms with Gasteiger partial charge < -0.3 is 4.74 Å². The van der Waals surface area contributed by atoms with Crippen molar-refractivity contribution in [1.82, 2.24) is 14.9 Å². The van der Waals surface area contributed by atoms with Crippen molar-refractivity contribution in [2.45, 2.75) is 19.4 Å². The van der Waals surface area contributed by atoms with Gasteiger partial charge in [0.05, 0.1) is 12.1 Å². The van der Waals surface area contributed by atoms with Gasteiger partial charge in [0.1, 0.15) is 5.02 Å². The van der Waals surface area contributed by atoms with Crippen LogP contribution < -0.4 is 4.74 Å². The maximum absolute atomic E-state index is 6.04. The van der Waals surface area contributed by atoms with Crippen molar-refractivity contribution in [3.63, 3.8) is 0 Å². The lowest BCUT2D eigenvalue weighted by molar-refractivity contribution is 0.135. The first-order valence-corrected chi connectivity index (χ1v) is 8.40. The Labute approximate surface area is 133 Å². The van der Waals surface area contributed by atoms with Gasteiger partial charge in [-0.25, -0.2) is 4.98 Å². The summed E-state index contributed by atoms with van der Waals surface area (Å²) in [7, 11) is 0. The maximum atomic E-state index is 6.04. The Bertz CT molecular complexity index is 556. The van der Waals surface area contributed by atoms with Crippen LogP contribution in [0.2, 0.25) is 5.02 Å². The van der Waals surface area contributed by atoms with Crippen molar-refractivity contribution in [3.05, 3.63) is 39.9 Å². The molecule has 1 aliphatic heterocycles. The van der Waals surface area contributed by atoms with Crippen molar-refractivity contribution < 1.29 is 4.74 Å². The Balaban J connectivity index is 1.43. The van der Waals surface area contributed by atoms with Gasteiger partial charge in [-0.05, 0) is 44.0 Å². The van der Waals surface area contributed by atoms with Crippen LogP contribution in [-0.2, 0) is 6.54 Å². The summed E-state index contributed by atoms with van der Waals surface area (Å²) in [5, 5.41) is 0.583. The molecular formula is C15H18ClN3OS. The predicted molar refractivity (Wildman–Crippen MR) is 84.9 cm³/mol. The summed E-state index contributed by atoms with van der Waals surface area (Å²) in [6.45, 7) is 3.94. The second kappa shape index (κ2) is 7.20. The molecule has 0 saturated carbocycles. The van der Waals surface area contributed by atoms with E-state index in [1.807, 2.05) is 23.8 Å². The third kappa shape index (κ3) is 4.15. The molecule has 3 heterocycles. The number of aromatic nitrogens is 2. The molecule has 0 unspecified atom stereocenters. The van der Waals surface area contributed by atoms with E-state index in [-0.39, 0.29) is 0 Å². The number of nitrogens with zero attached hydrogens (tertiary/aromatic N) is 3. The van der Waals surface area contributed by atoms with Crippen molar-refractivity contribution in [1.29, 1.82) is 0 Å². The fourth-order valence-corrected chi connectivity index (χ4v) is 3.34. The molecule has 2 aromatic rings. The molecule has 4 nitrogen and oxygen atoms in total. The first kappa shape index (κ1) is 14.8. The second-order valence-electron chi connectivity index (χ2n) is 5.29. The fourth-order valence-electron chi connectivity index (χ4n) is 2.53. The number of ether oxygens (including phenoxy) is 1. The summed E-state index contributed by atoms with van der Waals surface area (Å²) in [6.07, 6.45) is 5.98. The lowest BCUT2D eigenvalue weighted by Gasteiger charge is -2.31. The summed E-state index contributed by atoms with van der Waals surface area (Å²) < 4.78 is 5.75. The van der Waals surface area contributed by atoms with Crippen molar-refractivity contribution in [2.24, 2.45) is 5.92 Å². The highest BCUT2D eigenvalue weighted by Gasteiger charge is 2.20. The van der Waals surface area contributed by atoms with Gasteiger partial charge in [-0.1, -0.05) is 11.6 Å². The largest absolute Gasteiger partial charge is 0.476 e. The Morgan fingerprint density at radius 3 is 2.95 bits per heavy atom. The maximum Gasteiger partial charge on any atom is 0.232 e. The van der Waals surface area contributed by atoms with Crippen LogP contribution in [0, 0.1) is 5.92 Å². The van der Waals surface area contributed by atoms with Crippen LogP contribution >= 0.6 is 22.9 Å². The van der Waals surface area contributed by atoms with E-state index >= 15 is 0 Å². The minimum atomic E-state index is 0.547. The summed E-state index contributed by atoms with van der Waals surface area (Å²) >= 11 is 7.77. The molecule has 2 aromatic heterocycles. The van der Waals surface area contributed by atoms with E-state index in [1.54, 1.807) is 17.5 Å². The minimum absolute atomic E-state index is 0.547. The minimum Gasteiger partial charge on any atom is -0.476 e. The van der Waals surface area contributed by atoms with E-state index in [9.17, 15) is 0 Å². The van der Waals surface area contributed by atoms with Gasteiger partial charge in [-0.15, -0.1) is 11.3 Å². The van der Waals surface area contributed by atoms with E-state index in [0.717, 1.165) is 32.5 Å². The van der Waals surface area contributed by atoms with Crippen molar-refractivity contribution in [3.8, 4) is 5.88 Å². The molecule has 3 rings (SSSR count). The lowest BCUT2D eigenvalue weighted by Crippen LogP contribution is -2.34. The Morgan fingerprint density at radius 1 is 1.38 bits per heavy atom. The van der Waals surface area contributed by atoms with E-state index in [4.69, 9.17) is 16.3 Å². The highest BCUT2D eigenvalue weighted by Crippen LogP contribution is 2.24. The number of rotatable bonds is 5. The summed E-state index contributed by atoms with van der Waals surface area (Å²) in [4.78, 5) is 12.1. The van der Waals surface area contributed by atoms with E-state index < -0.39 is 0 Å². The van der Waals surface area contributed by atoms with Crippen LogP contribution in [0.3, 0.4) is 0 Å². The predicted octanol–water partition coefficient (Wildman–Crippen LogP) is 3.48. The number of thiazole rings is 1. The molecular weight excluding hydrogens is 306 g/mol. The molecule has 0 spiro atoms. The zero-order valence-electron chi connectivity index (χ0n) is 11.7. The molecule has 0 atom stereocenters. The zero-order valence-corrected chi connectivity index (χ0v) is 13.3. The molecule has 112 valence electrons. The first-order chi connectivity index (χ1) is 10.3. The topological polar surface area (TPSA) is 38.2 Å². The van der Waals surface area contributed by atoms with Crippen LogP contribution in [-0.4, -0.2) is 34.6 Å². The highest BCUT2D eigenvalue weighted by molar-refractivity contribution is 7.09. The quantitative estimate of drug-likeness (QED) is 0.844. The molecule has 21 heavy (non-hydrogen) atoms. The Hall–Kier alpha value is -1.17. The second-order valence-corrected chi connectivity index (χ2v) is 6.67. The molecule has 0 N–H and O–H groups in total. The number of piperidine rings is 1. The number of halogens is 1. The standard InChI is InChI=1S/C15H18ClN3OS/c16-14-2-1-5-18-15(14)20-10-12-3-6-19(7-4-12)9-13-8-17-11-21-13/h1-2,5,8,11-12H,3-4,6-7,9-10H2. The van der Waals surface area contributed by atoms with Gasteiger partial charge in [0.2, 0.25) is 5.88 Å². The van der Waals surface area contributed by atoms with Crippen molar-refractivity contribution in [2.75, 3.05) is 19.7 Å².